The van der Waals surface area contributed by atoms with Crippen molar-refractivity contribution in [2.75, 3.05) is 0 Å². The Bertz CT molecular complexity index is 738. The van der Waals surface area contributed by atoms with Crippen molar-refractivity contribution in [1.82, 2.24) is 0 Å². The molecule has 0 saturated heterocycles. The highest BCUT2D eigenvalue weighted by Gasteiger charge is 2.50. The Morgan fingerprint density at radius 3 is 2.50 bits per heavy atom. The van der Waals surface area contributed by atoms with Crippen LogP contribution in [0.15, 0.2) is 66.9 Å². The van der Waals surface area contributed by atoms with Crippen LogP contribution in [-0.4, -0.2) is 5.78 Å². The van der Waals surface area contributed by atoms with Crippen LogP contribution in [0.2, 0.25) is 0 Å². The third kappa shape index (κ3) is 1.97. The van der Waals surface area contributed by atoms with Gasteiger partial charge in [0.2, 0.25) is 5.78 Å². The Kier molecular flexibility index (Phi) is 3.07. The fraction of sp³-hybridized carbons (Fsp3) is 0.263. The summed E-state index contributed by atoms with van der Waals surface area (Å²) in [6.07, 6.45) is 6.81. The first-order chi connectivity index (χ1) is 10.8. The van der Waals surface area contributed by atoms with Gasteiger partial charge in [-0.05, 0) is 29.9 Å². The van der Waals surface area contributed by atoms with Gasteiger partial charge in [0.15, 0.2) is 6.20 Å². The van der Waals surface area contributed by atoms with Crippen molar-refractivity contribution in [1.29, 1.82) is 0 Å². The van der Waals surface area contributed by atoms with Crippen LogP contribution in [-0.2, 0) is 0 Å². The lowest BCUT2D eigenvalue weighted by Gasteiger charge is -2.26. The molecule has 0 aliphatic heterocycles. The van der Waals surface area contributed by atoms with Crippen molar-refractivity contribution in [2.45, 2.75) is 12.3 Å². The maximum absolute atomic E-state index is 13.0. The van der Waals surface area contributed by atoms with E-state index in [4.69, 9.17) is 0 Å². The zero-order valence-corrected chi connectivity index (χ0v) is 12.1. The van der Waals surface area contributed by atoms with Crippen molar-refractivity contribution >= 4 is 5.78 Å². The Morgan fingerprint density at radius 2 is 1.73 bits per heavy atom. The second-order valence-electron chi connectivity index (χ2n) is 6.19. The summed E-state index contributed by atoms with van der Waals surface area (Å²) in [5.41, 5.74) is 1.46. The molecule has 1 heterocycles. The topological polar surface area (TPSA) is 44.0 Å². The molecule has 3 nitrogen and oxygen atoms in total. The van der Waals surface area contributed by atoms with Crippen LogP contribution in [0.5, 0.6) is 0 Å². The highest BCUT2D eigenvalue weighted by Crippen LogP contribution is 2.53. The van der Waals surface area contributed by atoms with E-state index in [1.807, 2.05) is 18.2 Å². The normalized spacial score (nSPS) is 28.9. The third-order valence-corrected chi connectivity index (χ3v) is 5.02. The van der Waals surface area contributed by atoms with Gasteiger partial charge in [0.1, 0.15) is 0 Å². The van der Waals surface area contributed by atoms with Crippen LogP contribution in [0.25, 0.3) is 0 Å². The van der Waals surface area contributed by atoms with Gasteiger partial charge in [0, 0.05) is 24.0 Å². The average Bonchev–Trinajstić information content (AvgIpc) is 3.16. The molecule has 2 aromatic rings. The van der Waals surface area contributed by atoms with Gasteiger partial charge in [0.25, 0.3) is 5.69 Å². The number of allylic oxidation sites excluding steroid dienone is 2. The Balaban J connectivity index is 1.75. The van der Waals surface area contributed by atoms with Crippen molar-refractivity contribution in [3.05, 3.63) is 83.3 Å². The van der Waals surface area contributed by atoms with Crippen molar-refractivity contribution in [2.24, 2.45) is 17.8 Å². The van der Waals surface area contributed by atoms with Gasteiger partial charge in [-0.15, -0.1) is 0 Å². The van der Waals surface area contributed by atoms with Crippen LogP contribution in [0.4, 0.5) is 0 Å². The second-order valence-corrected chi connectivity index (χ2v) is 6.19. The molecule has 1 saturated carbocycles. The van der Waals surface area contributed by atoms with Crippen molar-refractivity contribution in [3.63, 3.8) is 0 Å². The lowest BCUT2D eigenvalue weighted by Crippen LogP contribution is -2.38. The highest BCUT2D eigenvalue weighted by atomic mass is 16.5. The maximum Gasteiger partial charge on any atom is 0.260 e. The van der Waals surface area contributed by atoms with E-state index in [2.05, 4.69) is 24.3 Å². The van der Waals surface area contributed by atoms with E-state index in [0.29, 0.717) is 10.6 Å². The minimum atomic E-state index is -0.125. The van der Waals surface area contributed by atoms with E-state index in [1.54, 1.807) is 18.2 Å². The smallest absolute Gasteiger partial charge is 0.260 e. The number of benzene rings is 1. The van der Waals surface area contributed by atoms with Crippen molar-refractivity contribution < 1.29 is 9.52 Å². The number of rotatable bonds is 3. The summed E-state index contributed by atoms with van der Waals surface area (Å²) in [4.78, 5) is 13.0. The van der Waals surface area contributed by atoms with E-state index in [-0.39, 0.29) is 29.2 Å². The molecule has 4 atom stereocenters. The molecule has 0 unspecified atom stereocenters. The number of ketones is 1. The Hall–Kier alpha value is -2.42. The van der Waals surface area contributed by atoms with E-state index >= 15 is 0 Å². The van der Waals surface area contributed by atoms with Crippen molar-refractivity contribution in [3.8, 4) is 0 Å². The number of carbonyl (C=O) groups excluding carboxylic acids is 1. The van der Waals surface area contributed by atoms with Gasteiger partial charge in [0.05, 0.1) is 0 Å². The molecule has 2 aliphatic rings. The first kappa shape index (κ1) is 13.3. The van der Waals surface area contributed by atoms with E-state index in [0.717, 1.165) is 6.42 Å². The second kappa shape index (κ2) is 5.09. The predicted octanol–water partition coefficient (Wildman–Crippen LogP) is 3.11. The van der Waals surface area contributed by atoms with Crippen LogP contribution in [0.3, 0.4) is 0 Å². The minimum Gasteiger partial charge on any atom is -0.618 e. The molecule has 1 aromatic heterocycles. The first-order valence-electron chi connectivity index (χ1n) is 7.71. The molecule has 4 rings (SSSR count). The molecule has 110 valence electrons. The SMILES string of the molecule is O=C(c1cccc[n+]1[O-])[C@@H]1[C@@H](c2ccccc2)[C@@H]2C=C[C@H]1C2. The molecule has 22 heavy (non-hydrogen) atoms. The lowest BCUT2D eigenvalue weighted by molar-refractivity contribution is -0.607. The molecule has 2 aliphatic carbocycles. The Labute approximate surface area is 129 Å². The molecule has 2 bridgehead atoms. The first-order valence-corrected chi connectivity index (χ1v) is 7.71. The zero-order valence-electron chi connectivity index (χ0n) is 12.1. The number of hydrogen-bond donors (Lipinski definition) is 0. The van der Waals surface area contributed by atoms with Gasteiger partial charge >= 0.3 is 0 Å². The number of nitrogens with zero attached hydrogens (tertiary/aromatic N) is 1. The van der Waals surface area contributed by atoms with Crippen LogP contribution >= 0.6 is 0 Å². The standard InChI is InChI=1S/C19H17NO2/c21-19(16-8-4-5-11-20(16)22)18-15-10-9-14(12-15)17(18)13-6-2-1-3-7-13/h1-11,14-15,17-18H,12H2/t14-,15+,17+,18+/m1/s1. The minimum absolute atomic E-state index is 0.0266. The fourth-order valence-corrected chi connectivity index (χ4v) is 4.10. The predicted molar refractivity (Wildman–Crippen MR) is 83.1 cm³/mol. The van der Waals surface area contributed by atoms with E-state index in [9.17, 15) is 10.0 Å². The van der Waals surface area contributed by atoms with Gasteiger partial charge in [-0.2, -0.15) is 4.73 Å². The highest BCUT2D eigenvalue weighted by molar-refractivity contribution is 5.96. The molecule has 3 heteroatoms. The van der Waals surface area contributed by atoms with Crippen LogP contribution in [0, 0.1) is 23.0 Å². The quantitative estimate of drug-likeness (QED) is 0.377. The summed E-state index contributed by atoms with van der Waals surface area (Å²) in [6, 6.07) is 15.2. The number of carbonyl (C=O) groups is 1. The molecule has 1 aromatic carbocycles. The molecule has 0 amide bonds. The summed E-state index contributed by atoms with van der Waals surface area (Å²) >= 11 is 0. The fourth-order valence-electron chi connectivity index (χ4n) is 4.10. The molecular weight excluding hydrogens is 274 g/mol. The number of hydrogen-bond acceptors (Lipinski definition) is 2. The summed E-state index contributed by atoms with van der Waals surface area (Å²) in [5.74, 6) is 0.693. The lowest BCUT2D eigenvalue weighted by atomic mass is 9.75. The molecule has 0 spiro atoms. The zero-order chi connectivity index (χ0) is 15.1. The maximum atomic E-state index is 13.0. The van der Waals surface area contributed by atoms with E-state index < -0.39 is 0 Å². The average molecular weight is 291 g/mol. The van der Waals surface area contributed by atoms with Gasteiger partial charge in [-0.3, -0.25) is 4.79 Å². The molecule has 0 radical (unpaired) electrons. The number of pyridine rings is 1. The van der Waals surface area contributed by atoms with Crippen LogP contribution < -0.4 is 4.73 Å². The van der Waals surface area contributed by atoms with Gasteiger partial charge in [-0.25, -0.2) is 0 Å². The summed E-state index contributed by atoms with van der Waals surface area (Å²) in [5, 5.41) is 11.9. The summed E-state index contributed by atoms with van der Waals surface area (Å²) in [6.45, 7) is 0. The van der Waals surface area contributed by atoms with Gasteiger partial charge in [-0.1, -0.05) is 42.5 Å². The van der Waals surface area contributed by atoms with E-state index in [1.165, 1.54) is 11.8 Å². The number of Topliss-reactive ketones (excluding diaryl/α,β-unsaturated/α-hetero) is 1. The third-order valence-electron chi connectivity index (χ3n) is 5.02. The summed E-state index contributed by atoms with van der Waals surface area (Å²) < 4.78 is 0.695. The molecular formula is C19H17NO2. The molecule has 1 fully saturated rings. The largest absolute Gasteiger partial charge is 0.618 e. The monoisotopic (exact) mass is 291 g/mol. The van der Waals surface area contributed by atoms with Gasteiger partial charge < -0.3 is 5.21 Å². The Morgan fingerprint density at radius 1 is 1.00 bits per heavy atom. The van der Waals surface area contributed by atoms with Crippen LogP contribution in [0.1, 0.15) is 28.4 Å². The number of aromatic nitrogens is 1. The number of fused-ring (bicyclic) bond motifs is 2. The summed E-state index contributed by atoms with van der Waals surface area (Å²) in [7, 11) is 0. The molecule has 0 N–H and O–H groups in total.